The van der Waals surface area contributed by atoms with Crippen LogP contribution in [0.25, 0.3) is 0 Å². The standard InChI is InChI=1S/C14H14N2/c1-10-7-14(2,11(8-15)9-16)13-6-4-3-5-12(10)13/h3-6,10-11H,7H2,1-2H3/t10-,14-/m0/s1. The van der Waals surface area contributed by atoms with Crippen molar-refractivity contribution in [2.24, 2.45) is 5.92 Å². The van der Waals surface area contributed by atoms with Crippen LogP contribution in [-0.4, -0.2) is 0 Å². The zero-order valence-corrected chi connectivity index (χ0v) is 9.57. The molecule has 1 aromatic rings. The first-order chi connectivity index (χ1) is 7.63. The van der Waals surface area contributed by atoms with E-state index in [0.29, 0.717) is 5.92 Å². The smallest absolute Gasteiger partial charge is 0.142 e. The lowest BCUT2D eigenvalue weighted by molar-refractivity contribution is 0.394. The zero-order valence-electron chi connectivity index (χ0n) is 9.57. The van der Waals surface area contributed by atoms with Crippen LogP contribution >= 0.6 is 0 Å². The van der Waals surface area contributed by atoms with Crippen molar-refractivity contribution in [1.29, 1.82) is 10.5 Å². The van der Waals surface area contributed by atoms with E-state index in [-0.39, 0.29) is 5.41 Å². The molecule has 2 rings (SSSR count). The maximum atomic E-state index is 9.09. The van der Waals surface area contributed by atoms with E-state index in [4.69, 9.17) is 10.5 Å². The molecule has 0 spiro atoms. The van der Waals surface area contributed by atoms with Gasteiger partial charge in [-0.15, -0.1) is 0 Å². The van der Waals surface area contributed by atoms with Gasteiger partial charge in [-0.05, 0) is 23.5 Å². The molecule has 0 radical (unpaired) electrons. The number of nitrogens with zero attached hydrogens (tertiary/aromatic N) is 2. The molecule has 80 valence electrons. The fourth-order valence-corrected chi connectivity index (χ4v) is 2.89. The molecule has 1 aliphatic rings. The zero-order chi connectivity index (χ0) is 11.8. The number of nitriles is 2. The summed E-state index contributed by atoms with van der Waals surface area (Å²) in [5, 5.41) is 18.2. The lowest BCUT2D eigenvalue weighted by Gasteiger charge is -2.26. The van der Waals surface area contributed by atoms with Crippen molar-refractivity contribution in [3.63, 3.8) is 0 Å². The topological polar surface area (TPSA) is 47.6 Å². The van der Waals surface area contributed by atoms with E-state index in [1.165, 1.54) is 11.1 Å². The van der Waals surface area contributed by atoms with Gasteiger partial charge in [-0.2, -0.15) is 10.5 Å². The van der Waals surface area contributed by atoms with Crippen LogP contribution in [0.15, 0.2) is 24.3 Å². The van der Waals surface area contributed by atoms with E-state index in [9.17, 15) is 0 Å². The summed E-state index contributed by atoms with van der Waals surface area (Å²) in [4.78, 5) is 0. The Morgan fingerprint density at radius 3 is 2.56 bits per heavy atom. The normalized spacial score (nSPS) is 27.2. The van der Waals surface area contributed by atoms with Gasteiger partial charge in [0, 0.05) is 5.41 Å². The summed E-state index contributed by atoms with van der Waals surface area (Å²) in [6, 6.07) is 12.4. The third-order valence-corrected chi connectivity index (χ3v) is 3.73. The molecule has 1 aromatic carbocycles. The summed E-state index contributed by atoms with van der Waals surface area (Å²) >= 11 is 0. The highest BCUT2D eigenvalue weighted by molar-refractivity contribution is 5.44. The Labute approximate surface area is 96.1 Å². The Balaban J connectivity index is 2.56. The number of hydrogen-bond acceptors (Lipinski definition) is 2. The minimum Gasteiger partial charge on any atom is -0.197 e. The van der Waals surface area contributed by atoms with Gasteiger partial charge in [0.15, 0.2) is 0 Å². The summed E-state index contributed by atoms with van der Waals surface area (Å²) in [7, 11) is 0. The van der Waals surface area contributed by atoms with Crippen molar-refractivity contribution in [2.45, 2.75) is 31.6 Å². The molecule has 0 unspecified atom stereocenters. The molecule has 0 amide bonds. The average Bonchev–Trinajstić information content (AvgIpc) is 2.55. The lowest BCUT2D eigenvalue weighted by atomic mass is 9.73. The highest BCUT2D eigenvalue weighted by atomic mass is 14.5. The Morgan fingerprint density at radius 1 is 1.31 bits per heavy atom. The molecule has 0 saturated carbocycles. The fraction of sp³-hybridized carbons (Fsp3) is 0.429. The van der Waals surface area contributed by atoms with Crippen LogP contribution in [0.2, 0.25) is 0 Å². The minimum atomic E-state index is -0.557. The van der Waals surface area contributed by atoms with Crippen molar-refractivity contribution >= 4 is 0 Å². The van der Waals surface area contributed by atoms with E-state index in [1.807, 2.05) is 19.1 Å². The maximum absolute atomic E-state index is 9.09. The van der Waals surface area contributed by atoms with E-state index >= 15 is 0 Å². The monoisotopic (exact) mass is 210 g/mol. The molecule has 0 aliphatic heterocycles. The predicted octanol–water partition coefficient (Wildman–Crippen LogP) is 3.11. The molecular formula is C14H14N2. The maximum Gasteiger partial charge on any atom is 0.142 e. The van der Waals surface area contributed by atoms with Crippen LogP contribution in [0.1, 0.15) is 37.3 Å². The molecule has 0 aromatic heterocycles. The lowest BCUT2D eigenvalue weighted by Crippen LogP contribution is -2.27. The predicted molar refractivity (Wildman–Crippen MR) is 61.5 cm³/mol. The molecule has 0 saturated heterocycles. The molecule has 2 nitrogen and oxygen atoms in total. The highest BCUT2D eigenvalue weighted by Gasteiger charge is 2.44. The Kier molecular flexibility index (Phi) is 2.44. The summed E-state index contributed by atoms with van der Waals surface area (Å²) in [5.74, 6) is -0.121. The van der Waals surface area contributed by atoms with Gasteiger partial charge in [0.25, 0.3) is 0 Å². The van der Waals surface area contributed by atoms with E-state index < -0.39 is 5.92 Å². The van der Waals surface area contributed by atoms with Crippen LogP contribution in [0, 0.1) is 28.6 Å². The summed E-state index contributed by atoms with van der Waals surface area (Å²) in [6.07, 6.45) is 0.887. The van der Waals surface area contributed by atoms with Gasteiger partial charge in [-0.25, -0.2) is 0 Å². The molecule has 0 bridgehead atoms. The van der Waals surface area contributed by atoms with Crippen LogP contribution in [0.5, 0.6) is 0 Å². The van der Waals surface area contributed by atoms with E-state index in [1.54, 1.807) is 0 Å². The van der Waals surface area contributed by atoms with Gasteiger partial charge in [-0.1, -0.05) is 38.1 Å². The van der Waals surface area contributed by atoms with E-state index in [2.05, 4.69) is 31.2 Å². The van der Waals surface area contributed by atoms with Crippen molar-refractivity contribution in [3.8, 4) is 12.1 Å². The number of benzene rings is 1. The molecule has 2 atom stereocenters. The Morgan fingerprint density at radius 2 is 1.94 bits per heavy atom. The second-order valence-electron chi connectivity index (χ2n) is 4.80. The Hall–Kier alpha value is -1.80. The van der Waals surface area contributed by atoms with Crippen LogP contribution in [-0.2, 0) is 5.41 Å². The quantitative estimate of drug-likeness (QED) is 0.715. The number of hydrogen-bond donors (Lipinski definition) is 0. The van der Waals surface area contributed by atoms with Crippen molar-refractivity contribution in [3.05, 3.63) is 35.4 Å². The van der Waals surface area contributed by atoms with Gasteiger partial charge in [0.1, 0.15) is 5.92 Å². The molecule has 2 heteroatoms. The van der Waals surface area contributed by atoms with Gasteiger partial charge in [0.05, 0.1) is 12.1 Å². The fourth-order valence-electron chi connectivity index (χ4n) is 2.89. The largest absolute Gasteiger partial charge is 0.197 e. The first-order valence-corrected chi connectivity index (χ1v) is 5.52. The van der Waals surface area contributed by atoms with Gasteiger partial charge in [-0.3, -0.25) is 0 Å². The molecule has 16 heavy (non-hydrogen) atoms. The van der Waals surface area contributed by atoms with Crippen molar-refractivity contribution < 1.29 is 0 Å². The third-order valence-electron chi connectivity index (χ3n) is 3.73. The highest BCUT2D eigenvalue weighted by Crippen LogP contribution is 2.49. The summed E-state index contributed by atoms with van der Waals surface area (Å²) in [6.45, 7) is 4.20. The molecule has 1 aliphatic carbocycles. The van der Waals surface area contributed by atoms with Crippen molar-refractivity contribution in [1.82, 2.24) is 0 Å². The molecule has 0 N–H and O–H groups in total. The van der Waals surface area contributed by atoms with E-state index in [0.717, 1.165) is 6.42 Å². The summed E-state index contributed by atoms with van der Waals surface area (Å²) < 4.78 is 0. The number of rotatable bonds is 1. The number of fused-ring (bicyclic) bond motifs is 1. The SMILES string of the molecule is C[C@H]1C[C@@](C)(C(C#N)C#N)c2ccccc21. The Bertz CT molecular complexity index is 478. The van der Waals surface area contributed by atoms with Crippen LogP contribution in [0.4, 0.5) is 0 Å². The van der Waals surface area contributed by atoms with Crippen LogP contribution < -0.4 is 0 Å². The summed E-state index contributed by atoms with van der Waals surface area (Å²) in [5.41, 5.74) is 2.16. The first kappa shape index (κ1) is 10.7. The van der Waals surface area contributed by atoms with Gasteiger partial charge in [0.2, 0.25) is 0 Å². The minimum absolute atomic E-state index is 0.306. The van der Waals surface area contributed by atoms with Crippen molar-refractivity contribution in [2.75, 3.05) is 0 Å². The second-order valence-corrected chi connectivity index (χ2v) is 4.80. The van der Waals surface area contributed by atoms with Gasteiger partial charge < -0.3 is 0 Å². The molecule has 0 fully saturated rings. The second kappa shape index (κ2) is 3.65. The first-order valence-electron chi connectivity index (χ1n) is 5.52. The van der Waals surface area contributed by atoms with Crippen LogP contribution in [0.3, 0.4) is 0 Å². The molecule has 0 heterocycles. The molecular weight excluding hydrogens is 196 g/mol. The third kappa shape index (κ3) is 1.31. The average molecular weight is 210 g/mol. The van der Waals surface area contributed by atoms with Gasteiger partial charge >= 0.3 is 0 Å².